The predicted molar refractivity (Wildman–Crippen MR) is 113 cm³/mol. The van der Waals surface area contributed by atoms with E-state index in [0.717, 1.165) is 5.00 Å². The number of aliphatic hydroxyl groups excluding tert-OH is 1. The summed E-state index contributed by atoms with van der Waals surface area (Å²) in [6, 6.07) is 4.58. The second-order valence-corrected chi connectivity index (χ2v) is 8.20. The van der Waals surface area contributed by atoms with Crippen molar-refractivity contribution in [1.29, 1.82) is 0 Å². The Morgan fingerprint density at radius 1 is 1.43 bits per heavy atom. The van der Waals surface area contributed by atoms with Crippen LogP contribution < -0.4 is 10.2 Å². The summed E-state index contributed by atoms with van der Waals surface area (Å²) < 4.78 is 5.41. The standard InChI is InChI=1S/C19H19Cl2N3O3S/c1-11(10-25)23-18(26)17-15(13-4-3-12(20)9-14(13)21)16(22-2)19(28-17)24-5-7-27-8-6-24/h3-4,9,11,25H,5-8,10H2,1H3,(H,23,26). The minimum absolute atomic E-state index is 0.180. The molecule has 1 saturated heterocycles. The minimum Gasteiger partial charge on any atom is -0.394 e. The van der Waals surface area contributed by atoms with Gasteiger partial charge in [-0.2, -0.15) is 0 Å². The Balaban J connectivity index is 2.17. The molecule has 1 aromatic carbocycles. The normalized spacial score (nSPS) is 15.2. The zero-order chi connectivity index (χ0) is 20.3. The monoisotopic (exact) mass is 439 g/mol. The van der Waals surface area contributed by atoms with Gasteiger partial charge in [-0.05, 0) is 24.6 Å². The van der Waals surface area contributed by atoms with Gasteiger partial charge < -0.3 is 20.1 Å². The summed E-state index contributed by atoms with van der Waals surface area (Å²) in [6.07, 6.45) is 0. The number of morpholine rings is 1. The molecule has 2 aromatic rings. The number of hydrogen-bond acceptors (Lipinski definition) is 5. The van der Waals surface area contributed by atoms with Crippen molar-refractivity contribution < 1.29 is 14.6 Å². The fraction of sp³-hybridized carbons (Fsp3) is 0.368. The molecule has 2 heterocycles. The van der Waals surface area contributed by atoms with Crippen molar-refractivity contribution in [3.63, 3.8) is 0 Å². The zero-order valence-corrected chi connectivity index (χ0v) is 17.5. The number of anilines is 1. The average Bonchev–Trinajstić information content (AvgIpc) is 3.08. The Bertz CT molecular complexity index is 920. The van der Waals surface area contributed by atoms with E-state index in [4.69, 9.17) is 34.5 Å². The van der Waals surface area contributed by atoms with Gasteiger partial charge in [0.05, 0.1) is 36.3 Å². The van der Waals surface area contributed by atoms with Crippen LogP contribution in [-0.4, -0.2) is 50.0 Å². The Hall–Kier alpha value is -1.82. The maximum Gasteiger partial charge on any atom is 0.260 e. The summed E-state index contributed by atoms with van der Waals surface area (Å²) in [6.45, 7) is 11.7. The highest BCUT2D eigenvalue weighted by atomic mass is 35.5. The fourth-order valence-electron chi connectivity index (χ4n) is 2.93. The molecule has 6 nitrogen and oxygen atoms in total. The molecule has 1 amide bonds. The second kappa shape index (κ2) is 9.12. The number of rotatable bonds is 5. The molecule has 0 radical (unpaired) electrons. The van der Waals surface area contributed by atoms with E-state index in [2.05, 4.69) is 15.1 Å². The van der Waals surface area contributed by atoms with Crippen LogP contribution in [0.25, 0.3) is 16.0 Å². The predicted octanol–water partition coefficient (Wildman–Crippen LogP) is 4.22. The first kappa shape index (κ1) is 20.9. The zero-order valence-electron chi connectivity index (χ0n) is 15.2. The summed E-state index contributed by atoms with van der Waals surface area (Å²) in [7, 11) is 0. The Labute approximate surface area is 177 Å². The van der Waals surface area contributed by atoms with Gasteiger partial charge in [-0.15, -0.1) is 11.3 Å². The number of thiophene rings is 1. The van der Waals surface area contributed by atoms with E-state index in [0.29, 0.717) is 58.0 Å². The van der Waals surface area contributed by atoms with Gasteiger partial charge in [0.1, 0.15) is 0 Å². The smallest absolute Gasteiger partial charge is 0.260 e. The average molecular weight is 440 g/mol. The molecule has 2 N–H and O–H groups in total. The molecule has 28 heavy (non-hydrogen) atoms. The lowest BCUT2D eigenvalue weighted by Gasteiger charge is -2.28. The number of aliphatic hydroxyl groups is 1. The van der Waals surface area contributed by atoms with Crippen molar-refractivity contribution in [1.82, 2.24) is 5.32 Å². The van der Waals surface area contributed by atoms with Gasteiger partial charge in [0.2, 0.25) is 5.69 Å². The van der Waals surface area contributed by atoms with Gasteiger partial charge >= 0.3 is 0 Å². The molecule has 3 rings (SSSR count). The summed E-state index contributed by atoms with van der Waals surface area (Å²) in [5.74, 6) is -0.350. The number of hydrogen-bond donors (Lipinski definition) is 2. The molecule has 0 saturated carbocycles. The Kier molecular flexibility index (Phi) is 6.81. The molecule has 0 aliphatic carbocycles. The van der Waals surface area contributed by atoms with Gasteiger partial charge in [0.15, 0.2) is 0 Å². The minimum atomic E-state index is -0.411. The van der Waals surface area contributed by atoms with Crippen molar-refractivity contribution >= 4 is 51.1 Å². The third kappa shape index (κ3) is 4.27. The van der Waals surface area contributed by atoms with E-state index in [1.807, 2.05) is 0 Å². The molecule has 1 aliphatic rings. The van der Waals surface area contributed by atoms with Gasteiger partial charge in [-0.25, -0.2) is 4.85 Å². The molecule has 148 valence electrons. The van der Waals surface area contributed by atoms with Crippen molar-refractivity contribution in [3.05, 3.63) is 44.5 Å². The maximum atomic E-state index is 12.9. The number of benzene rings is 1. The fourth-order valence-corrected chi connectivity index (χ4v) is 4.64. The summed E-state index contributed by atoms with van der Waals surface area (Å²) in [5.41, 5.74) is 1.46. The molecular formula is C19H19Cl2N3O3S. The number of nitrogens with zero attached hydrogens (tertiary/aromatic N) is 2. The quantitative estimate of drug-likeness (QED) is 0.684. The number of ether oxygens (including phenoxy) is 1. The Morgan fingerprint density at radius 2 is 2.14 bits per heavy atom. The van der Waals surface area contributed by atoms with Crippen LogP contribution in [0.3, 0.4) is 0 Å². The SMILES string of the molecule is [C-]#[N+]c1c(N2CCOCC2)sc(C(=O)NC(C)CO)c1-c1ccc(Cl)cc1Cl. The van der Waals surface area contributed by atoms with Crippen molar-refractivity contribution in [2.75, 3.05) is 37.8 Å². The topological polar surface area (TPSA) is 66.2 Å². The van der Waals surface area contributed by atoms with Crippen molar-refractivity contribution in [2.45, 2.75) is 13.0 Å². The molecule has 1 aromatic heterocycles. The van der Waals surface area contributed by atoms with E-state index in [9.17, 15) is 9.90 Å². The summed E-state index contributed by atoms with van der Waals surface area (Å²) in [5, 5.41) is 13.6. The van der Waals surface area contributed by atoms with E-state index in [1.165, 1.54) is 11.3 Å². The van der Waals surface area contributed by atoms with Gasteiger partial charge in [-0.3, -0.25) is 4.79 Å². The first-order chi connectivity index (χ1) is 13.5. The van der Waals surface area contributed by atoms with Gasteiger partial charge in [-0.1, -0.05) is 29.3 Å². The van der Waals surface area contributed by atoms with Gasteiger partial charge in [0.25, 0.3) is 5.91 Å². The molecule has 1 fully saturated rings. The largest absolute Gasteiger partial charge is 0.394 e. The summed E-state index contributed by atoms with van der Waals surface area (Å²) in [4.78, 5) is 19.1. The number of nitrogens with one attached hydrogen (secondary N) is 1. The van der Waals surface area contributed by atoms with Crippen molar-refractivity contribution in [2.24, 2.45) is 0 Å². The molecule has 9 heteroatoms. The van der Waals surface area contributed by atoms with Crippen LogP contribution >= 0.6 is 34.5 Å². The first-order valence-electron chi connectivity index (χ1n) is 8.70. The first-order valence-corrected chi connectivity index (χ1v) is 10.3. The van der Waals surface area contributed by atoms with Crippen LogP contribution in [0, 0.1) is 6.57 Å². The lowest BCUT2D eigenvalue weighted by Crippen LogP contribution is -2.35. The third-order valence-electron chi connectivity index (χ3n) is 4.33. The number of carbonyl (C=O) groups is 1. The van der Waals surface area contributed by atoms with Crippen LogP contribution in [-0.2, 0) is 4.74 Å². The summed E-state index contributed by atoms with van der Waals surface area (Å²) >= 11 is 13.7. The van der Waals surface area contributed by atoms with Crippen molar-refractivity contribution in [3.8, 4) is 11.1 Å². The molecular weight excluding hydrogens is 421 g/mol. The Morgan fingerprint density at radius 3 is 2.75 bits per heavy atom. The number of carbonyl (C=O) groups excluding carboxylic acids is 1. The van der Waals surface area contributed by atoms with E-state index in [-0.39, 0.29) is 12.5 Å². The number of halogens is 2. The van der Waals surface area contributed by atoms with E-state index < -0.39 is 6.04 Å². The van der Waals surface area contributed by atoms with Crippen LogP contribution in [0.4, 0.5) is 10.7 Å². The molecule has 0 bridgehead atoms. The molecule has 1 atom stereocenters. The van der Waals surface area contributed by atoms with Crippen LogP contribution in [0.1, 0.15) is 16.6 Å². The number of amides is 1. The molecule has 0 spiro atoms. The third-order valence-corrected chi connectivity index (χ3v) is 6.12. The second-order valence-electron chi connectivity index (χ2n) is 6.35. The van der Waals surface area contributed by atoms with E-state index >= 15 is 0 Å². The highest BCUT2D eigenvalue weighted by Crippen LogP contribution is 2.50. The van der Waals surface area contributed by atoms with Gasteiger partial charge in [0, 0.05) is 34.7 Å². The van der Waals surface area contributed by atoms with Crippen LogP contribution in [0.15, 0.2) is 18.2 Å². The lowest BCUT2D eigenvalue weighted by molar-refractivity contribution is 0.0927. The highest BCUT2D eigenvalue weighted by molar-refractivity contribution is 7.19. The van der Waals surface area contributed by atoms with E-state index in [1.54, 1.807) is 25.1 Å². The molecule has 1 aliphatic heterocycles. The highest BCUT2D eigenvalue weighted by Gasteiger charge is 2.29. The lowest BCUT2D eigenvalue weighted by atomic mass is 10.0. The van der Waals surface area contributed by atoms with Crippen LogP contribution in [0.5, 0.6) is 0 Å². The van der Waals surface area contributed by atoms with Crippen LogP contribution in [0.2, 0.25) is 10.0 Å². The molecule has 1 unspecified atom stereocenters. The maximum absolute atomic E-state index is 12.9.